The molecular weight excluding hydrogens is 424 g/mol. The van der Waals surface area contributed by atoms with Gasteiger partial charge in [-0.05, 0) is 11.1 Å². The minimum Gasteiger partial charge on any atom is -0.374 e. The maximum Gasteiger partial charge on any atom is 0.263 e. The van der Waals surface area contributed by atoms with Crippen molar-refractivity contribution >= 4 is 5.91 Å². The summed E-state index contributed by atoms with van der Waals surface area (Å²) in [5.41, 5.74) is 2.73. The van der Waals surface area contributed by atoms with Crippen LogP contribution in [0, 0.1) is 11.3 Å². The van der Waals surface area contributed by atoms with Crippen LogP contribution in [0.3, 0.4) is 0 Å². The van der Waals surface area contributed by atoms with Crippen LogP contribution in [-0.4, -0.2) is 86.1 Å². The zero-order valence-corrected chi connectivity index (χ0v) is 19.7. The highest BCUT2D eigenvalue weighted by Crippen LogP contribution is 2.29. The van der Waals surface area contributed by atoms with Crippen molar-refractivity contribution < 1.29 is 4.79 Å². The van der Waals surface area contributed by atoms with Crippen molar-refractivity contribution in [2.24, 2.45) is 0 Å². The van der Waals surface area contributed by atoms with Gasteiger partial charge >= 0.3 is 0 Å². The minimum absolute atomic E-state index is 0.177. The largest absolute Gasteiger partial charge is 0.374 e. The Bertz CT molecular complexity index is 934. The van der Waals surface area contributed by atoms with Gasteiger partial charge in [-0.3, -0.25) is 14.6 Å². The summed E-state index contributed by atoms with van der Waals surface area (Å²) < 4.78 is 0. The van der Waals surface area contributed by atoms with Crippen LogP contribution in [0.5, 0.6) is 0 Å². The Balaban J connectivity index is 1.34. The molecule has 2 aromatic carbocycles. The Labute approximate surface area is 202 Å². The summed E-state index contributed by atoms with van der Waals surface area (Å²) in [5.74, 6) is -0.286. The van der Waals surface area contributed by atoms with Gasteiger partial charge in [0.2, 0.25) is 0 Å². The van der Waals surface area contributed by atoms with Crippen LogP contribution < -0.4 is 10.6 Å². The fraction of sp³-hybridized carbons (Fsp3) is 0.407. The van der Waals surface area contributed by atoms with E-state index in [4.69, 9.17) is 0 Å². The normalized spacial score (nSPS) is 18.0. The lowest BCUT2D eigenvalue weighted by atomic mass is 9.96. The molecule has 2 heterocycles. The number of nitrogens with zero attached hydrogens (tertiary/aromatic N) is 4. The molecule has 1 amide bonds. The maximum atomic E-state index is 12.6. The zero-order chi connectivity index (χ0) is 23.6. The second kappa shape index (κ2) is 12.3. The van der Waals surface area contributed by atoms with Crippen LogP contribution in [0.4, 0.5) is 0 Å². The molecule has 2 N–H and O–H groups in total. The average Bonchev–Trinajstić information content (AvgIpc) is 2.90. The van der Waals surface area contributed by atoms with Crippen LogP contribution in [0.1, 0.15) is 17.2 Å². The quantitative estimate of drug-likeness (QED) is 0.464. The van der Waals surface area contributed by atoms with Crippen LogP contribution in [0.15, 0.2) is 72.4 Å². The first-order chi connectivity index (χ1) is 16.7. The van der Waals surface area contributed by atoms with Crippen LogP contribution in [0.25, 0.3) is 0 Å². The predicted octanol–water partition coefficient (Wildman–Crippen LogP) is 1.82. The van der Waals surface area contributed by atoms with Gasteiger partial charge in [0, 0.05) is 71.6 Å². The fourth-order valence-electron chi connectivity index (χ4n) is 4.69. The first-order valence-corrected chi connectivity index (χ1v) is 12.2. The highest BCUT2D eigenvalue weighted by Gasteiger charge is 2.26. The van der Waals surface area contributed by atoms with E-state index in [0.717, 1.165) is 58.9 Å². The number of rotatable bonds is 8. The van der Waals surface area contributed by atoms with Gasteiger partial charge in [-0.2, -0.15) is 5.26 Å². The fourth-order valence-corrected chi connectivity index (χ4v) is 4.69. The summed E-state index contributed by atoms with van der Waals surface area (Å²) in [6, 6.07) is 23.5. The van der Waals surface area contributed by atoms with E-state index in [1.807, 2.05) is 12.1 Å². The molecule has 2 aliphatic heterocycles. The molecule has 0 radical (unpaired) electrons. The second-order valence-electron chi connectivity index (χ2n) is 8.80. The number of nitrogens with one attached hydrogen (secondary N) is 2. The third-order valence-electron chi connectivity index (χ3n) is 6.54. The van der Waals surface area contributed by atoms with Crippen LogP contribution >= 0.6 is 0 Å². The Morgan fingerprint density at radius 3 is 2.09 bits per heavy atom. The number of hydrogen-bond donors (Lipinski definition) is 2. The van der Waals surface area contributed by atoms with E-state index in [2.05, 4.69) is 79.9 Å². The van der Waals surface area contributed by atoms with Crippen LogP contribution in [0.2, 0.25) is 0 Å². The molecular formula is C27H34N6O. The maximum absolute atomic E-state index is 12.6. The number of amides is 1. The molecule has 2 aromatic rings. The molecule has 0 saturated carbocycles. The van der Waals surface area contributed by atoms with Gasteiger partial charge in [0.05, 0.1) is 6.04 Å². The molecule has 0 spiro atoms. The van der Waals surface area contributed by atoms with Crippen molar-refractivity contribution in [2.45, 2.75) is 6.04 Å². The van der Waals surface area contributed by atoms with Crippen molar-refractivity contribution in [2.75, 3.05) is 65.4 Å². The lowest BCUT2D eigenvalue weighted by Gasteiger charge is -2.39. The number of carbonyl (C=O) groups excluding carboxylic acids is 1. The highest BCUT2D eigenvalue weighted by molar-refractivity contribution is 5.97. The smallest absolute Gasteiger partial charge is 0.263 e. The van der Waals surface area contributed by atoms with Gasteiger partial charge < -0.3 is 15.5 Å². The van der Waals surface area contributed by atoms with Crippen molar-refractivity contribution in [3.8, 4) is 6.07 Å². The van der Waals surface area contributed by atoms with E-state index in [-0.39, 0.29) is 17.5 Å². The Morgan fingerprint density at radius 1 is 0.941 bits per heavy atom. The van der Waals surface area contributed by atoms with Gasteiger partial charge in [-0.15, -0.1) is 0 Å². The minimum atomic E-state index is -0.286. The summed E-state index contributed by atoms with van der Waals surface area (Å²) in [6.07, 6.45) is 1.73. The first kappa shape index (κ1) is 24.0. The molecule has 7 heteroatoms. The molecule has 0 unspecified atom stereocenters. The number of benzene rings is 2. The van der Waals surface area contributed by atoms with E-state index in [1.165, 1.54) is 11.1 Å². The highest BCUT2D eigenvalue weighted by atomic mass is 16.1. The topological polar surface area (TPSA) is 74.6 Å². The Morgan fingerprint density at radius 2 is 1.53 bits per heavy atom. The summed E-state index contributed by atoms with van der Waals surface area (Å²) in [6.45, 7) is 8.58. The van der Waals surface area contributed by atoms with Gasteiger partial charge in [0.15, 0.2) is 0 Å². The third-order valence-corrected chi connectivity index (χ3v) is 6.54. The Hall–Kier alpha value is -3.18. The van der Waals surface area contributed by atoms with E-state index >= 15 is 0 Å². The molecule has 178 valence electrons. The summed E-state index contributed by atoms with van der Waals surface area (Å²) in [5, 5.41) is 15.8. The summed E-state index contributed by atoms with van der Waals surface area (Å²) >= 11 is 0. The van der Waals surface area contributed by atoms with E-state index in [9.17, 15) is 10.1 Å². The SMILES string of the molecule is N#C/C(=C/N1CCN(C(c2ccccc2)c2ccccc2)CC1)C(=O)NCCN1CCNCC1. The molecule has 34 heavy (non-hydrogen) atoms. The molecule has 0 aromatic heterocycles. The van der Waals surface area contributed by atoms with Gasteiger partial charge in [-0.25, -0.2) is 0 Å². The molecule has 7 nitrogen and oxygen atoms in total. The van der Waals surface area contributed by atoms with Crippen molar-refractivity contribution in [3.63, 3.8) is 0 Å². The average molecular weight is 459 g/mol. The molecule has 2 aliphatic rings. The number of nitriles is 1. The standard InChI is InChI=1S/C27H34N6O/c28-21-25(27(34)30-13-16-31-14-11-29-12-15-31)22-32-17-19-33(20-18-32)26(23-7-3-1-4-8-23)24-9-5-2-6-10-24/h1-10,22,26,29H,11-20H2,(H,30,34)/b25-22-. The predicted molar refractivity (Wildman–Crippen MR) is 134 cm³/mol. The molecule has 0 atom stereocenters. The second-order valence-corrected chi connectivity index (χ2v) is 8.80. The van der Waals surface area contributed by atoms with Gasteiger partial charge in [0.25, 0.3) is 5.91 Å². The third kappa shape index (κ3) is 6.45. The number of piperazine rings is 2. The molecule has 0 aliphatic carbocycles. The zero-order valence-electron chi connectivity index (χ0n) is 19.7. The summed E-state index contributed by atoms with van der Waals surface area (Å²) in [7, 11) is 0. The number of hydrogen-bond acceptors (Lipinski definition) is 6. The van der Waals surface area contributed by atoms with Crippen molar-refractivity contribution in [1.29, 1.82) is 5.26 Å². The molecule has 2 fully saturated rings. The van der Waals surface area contributed by atoms with Gasteiger partial charge in [0.1, 0.15) is 11.6 Å². The monoisotopic (exact) mass is 458 g/mol. The molecule has 2 saturated heterocycles. The first-order valence-electron chi connectivity index (χ1n) is 12.2. The van der Waals surface area contributed by atoms with Gasteiger partial charge in [-0.1, -0.05) is 60.7 Å². The molecule has 4 rings (SSSR count). The van der Waals surface area contributed by atoms with E-state index in [0.29, 0.717) is 6.54 Å². The number of carbonyl (C=O) groups is 1. The van der Waals surface area contributed by atoms with E-state index in [1.54, 1.807) is 6.20 Å². The molecule has 0 bridgehead atoms. The van der Waals surface area contributed by atoms with Crippen molar-refractivity contribution in [1.82, 2.24) is 25.3 Å². The Kier molecular flexibility index (Phi) is 8.69. The van der Waals surface area contributed by atoms with Crippen LogP contribution in [-0.2, 0) is 4.79 Å². The van der Waals surface area contributed by atoms with E-state index < -0.39 is 0 Å². The summed E-state index contributed by atoms with van der Waals surface area (Å²) in [4.78, 5) is 19.5. The lowest BCUT2D eigenvalue weighted by molar-refractivity contribution is -0.117. The van der Waals surface area contributed by atoms with Crippen molar-refractivity contribution in [3.05, 3.63) is 83.6 Å². The lowest BCUT2D eigenvalue weighted by Crippen LogP contribution is -2.47.